The molecule has 7 nitrogen and oxygen atoms in total. The van der Waals surface area contributed by atoms with Crippen molar-refractivity contribution in [3.8, 4) is 0 Å². The molecule has 0 unspecified atom stereocenters. The molecule has 0 bridgehead atoms. The zero-order chi connectivity index (χ0) is 23.6. The van der Waals surface area contributed by atoms with E-state index in [1.165, 1.54) is 12.4 Å². The summed E-state index contributed by atoms with van der Waals surface area (Å²) in [4.78, 5) is 40.0. The highest BCUT2D eigenvalue weighted by Gasteiger charge is 2.22. The van der Waals surface area contributed by atoms with Crippen molar-refractivity contribution < 1.29 is 14.3 Å². The predicted octanol–water partition coefficient (Wildman–Crippen LogP) is 3.41. The van der Waals surface area contributed by atoms with Crippen molar-refractivity contribution >= 4 is 23.2 Å². The molecule has 174 valence electrons. The Kier molecular flexibility index (Phi) is 8.97. The van der Waals surface area contributed by atoms with Gasteiger partial charge in [0.15, 0.2) is 0 Å². The topological polar surface area (TPSA) is 89.4 Å². The van der Waals surface area contributed by atoms with Gasteiger partial charge < -0.3 is 19.9 Å². The Morgan fingerprint density at radius 3 is 2.42 bits per heavy atom. The van der Waals surface area contributed by atoms with Crippen molar-refractivity contribution in [2.45, 2.75) is 32.4 Å². The van der Waals surface area contributed by atoms with Gasteiger partial charge in [0.25, 0.3) is 11.8 Å². The molecular weight excluding hydrogens is 438 g/mol. The predicted molar refractivity (Wildman–Crippen MR) is 130 cm³/mol. The molecule has 3 rings (SSSR count). The van der Waals surface area contributed by atoms with E-state index in [0.29, 0.717) is 32.5 Å². The number of methoxy groups -OCH3 is 1. The van der Waals surface area contributed by atoms with Crippen LogP contribution in [0, 0.1) is 0 Å². The first-order chi connectivity index (χ1) is 16.0. The summed E-state index contributed by atoms with van der Waals surface area (Å²) in [5.41, 5.74) is 0.384. The summed E-state index contributed by atoms with van der Waals surface area (Å²) in [5, 5.41) is 7.68. The largest absolute Gasteiger partial charge is 0.383 e. The highest BCUT2D eigenvalue weighted by molar-refractivity contribution is 7.10. The van der Waals surface area contributed by atoms with Gasteiger partial charge in [-0.15, -0.1) is 11.3 Å². The summed E-state index contributed by atoms with van der Waals surface area (Å²) in [6, 6.07) is 13.4. The number of hydrogen-bond acceptors (Lipinski definition) is 5. The van der Waals surface area contributed by atoms with Crippen LogP contribution in [0.25, 0.3) is 0 Å². The van der Waals surface area contributed by atoms with E-state index in [0.717, 1.165) is 10.4 Å². The number of amides is 2. The van der Waals surface area contributed by atoms with Gasteiger partial charge in [-0.2, -0.15) is 0 Å². The normalized spacial score (nSPS) is 11.7. The van der Waals surface area contributed by atoms with E-state index < -0.39 is 17.2 Å². The lowest BCUT2D eigenvalue weighted by Crippen LogP contribution is -2.37. The van der Waals surface area contributed by atoms with Crippen LogP contribution in [-0.4, -0.2) is 36.6 Å². The second-order valence-corrected chi connectivity index (χ2v) is 8.57. The molecule has 0 spiro atoms. The zero-order valence-electron chi connectivity index (χ0n) is 18.9. The molecule has 2 heterocycles. The van der Waals surface area contributed by atoms with Gasteiger partial charge in [0.1, 0.15) is 11.1 Å². The summed E-state index contributed by atoms with van der Waals surface area (Å²) in [5.74, 6) is -0.993. The Bertz CT molecular complexity index is 1110. The number of pyridine rings is 1. The molecule has 8 heteroatoms. The van der Waals surface area contributed by atoms with Gasteiger partial charge >= 0.3 is 0 Å². The number of rotatable bonds is 11. The maximum absolute atomic E-state index is 13.1. The number of hydrogen-bond donors (Lipinski definition) is 2. The number of carbonyl (C=O) groups excluding carboxylic acids is 2. The summed E-state index contributed by atoms with van der Waals surface area (Å²) < 4.78 is 6.77. The van der Waals surface area contributed by atoms with Crippen LogP contribution < -0.4 is 16.1 Å². The third-order valence-corrected chi connectivity index (χ3v) is 6.25. The van der Waals surface area contributed by atoms with E-state index in [2.05, 4.69) is 10.6 Å². The first kappa shape index (κ1) is 24.4. The van der Waals surface area contributed by atoms with Crippen LogP contribution in [0.2, 0.25) is 0 Å². The quantitative estimate of drug-likeness (QED) is 0.452. The Morgan fingerprint density at radius 2 is 1.79 bits per heavy atom. The SMILES string of the molecule is CC[C@H](NC(=O)c1cn(CCOC)cc(C(=O)NCCc2ccccc2)c1=O)c1cccs1. The summed E-state index contributed by atoms with van der Waals surface area (Å²) in [7, 11) is 1.57. The number of aromatic nitrogens is 1. The second-order valence-electron chi connectivity index (χ2n) is 7.59. The lowest BCUT2D eigenvalue weighted by Gasteiger charge is -2.17. The third kappa shape index (κ3) is 6.63. The van der Waals surface area contributed by atoms with Gasteiger partial charge in [-0.05, 0) is 29.9 Å². The number of carbonyl (C=O) groups is 2. The highest BCUT2D eigenvalue weighted by atomic mass is 32.1. The molecule has 0 saturated carbocycles. The van der Waals surface area contributed by atoms with Crippen LogP contribution in [0.4, 0.5) is 0 Å². The molecule has 0 aliphatic carbocycles. The van der Waals surface area contributed by atoms with E-state index >= 15 is 0 Å². The molecule has 0 aliphatic heterocycles. The van der Waals surface area contributed by atoms with Crippen molar-refractivity contribution in [1.82, 2.24) is 15.2 Å². The molecule has 0 fully saturated rings. The maximum atomic E-state index is 13.1. The minimum absolute atomic E-state index is 0.0585. The van der Waals surface area contributed by atoms with E-state index in [1.807, 2.05) is 54.8 Å². The van der Waals surface area contributed by atoms with Gasteiger partial charge in [0.05, 0.1) is 12.6 Å². The van der Waals surface area contributed by atoms with E-state index in [4.69, 9.17) is 4.74 Å². The number of nitrogens with one attached hydrogen (secondary N) is 2. The molecule has 2 N–H and O–H groups in total. The van der Waals surface area contributed by atoms with Crippen LogP contribution in [-0.2, 0) is 17.7 Å². The molecule has 1 aromatic carbocycles. The van der Waals surface area contributed by atoms with Gasteiger partial charge in [-0.1, -0.05) is 43.3 Å². The van der Waals surface area contributed by atoms with E-state index in [9.17, 15) is 14.4 Å². The lowest BCUT2D eigenvalue weighted by molar-refractivity contribution is 0.0934. The van der Waals surface area contributed by atoms with Crippen LogP contribution in [0.15, 0.2) is 65.0 Å². The van der Waals surface area contributed by atoms with Crippen molar-refractivity contribution in [3.63, 3.8) is 0 Å². The van der Waals surface area contributed by atoms with Crippen molar-refractivity contribution in [1.29, 1.82) is 0 Å². The molecular formula is C25H29N3O4S. The fourth-order valence-corrected chi connectivity index (χ4v) is 4.30. The Hall–Kier alpha value is -3.23. The fourth-order valence-electron chi connectivity index (χ4n) is 3.44. The average molecular weight is 468 g/mol. The Balaban J connectivity index is 1.80. The molecule has 0 aliphatic rings. The molecule has 33 heavy (non-hydrogen) atoms. The lowest BCUT2D eigenvalue weighted by atomic mass is 10.1. The number of ether oxygens (including phenoxy) is 1. The smallest absolute Gasteiger partial charge is 0.257 e. The van der Waals surface area contributed by atoms with Gasteiger partial charge in [0, 0.05) is 37.5 Å². The highest BCUT2D eigenvalue weighted by Crippen LogP contribution is 2.22. The molecule has 2 amide bonds. The minimum Gasteiger partial charge on any atom is -0.383 e. The second kappa shape index (κ2) is 12.1. The van der Waals surface area contributed by atoms with Gasteiger partial charge in [-0.25, -0.2) is 0 Å². The van der Waals surface area contributed by atoms with Crippen LogP contribution >= 0.6 is 11.3 Å². The van der Waals surface area contributed by atoms with Crippen LogP contribution in [0.5, 0.6) is 0 Å². The maximum Gasteiger partial charge on any atom is 0.257 e. The molecule has 2 aromatic heterocycles. The Morgan fingerprint density at radius 1 is 1.06 bits per heavy atom. The summed E-state index contributed by atoms with van der Waals surface area (Å²) in [6.07, 6.45) is 4.29. The summed E-state index contributed by atoms with van der Waals surface area (Å²) in [6.45, 7) is 3.14. The number of benzene rings is 1. The van der Waals surface area contributed by atoms with Crippen LogP contribution in [0.1, 0.15) is 50.5 Å². The van der Waals surface area contributed by atoms with E-state index in [-0.39, 0.29) is 17.2 Å². The van der Waals surface area contributed by atoms with Crippen molar-refractivity contribution in [2.75, 3.05) is 20.3 Å². The summed E-state index contributed by atoms with van der Waals surface area (Å²) >= 11 is 1.55. The average Bonchev–Trinajstić information content (AvgIpc) is 3.37. The first-order valence-corrected chi connectivity index (χ1v) is 11.8. The monoisotopic (exact) mass is 467 g/mol. The Labute approximate surface area is 197 Å². The fraction of sp³-hybridized carbons (Fsp3) is 0.320. The van der Waals surface area contributed by atoms with Crippen molar-refractivity contribution in [3.05, 3.63) is 92.0 Å². The first-order valence-electron chi connectivity index (χ1n) is 10.9. The molecule has 0 saturated heterocycles. The third-order valence-electron chi connectivity index (χ3n) is 5.26. The molecule has 1 atom stereocenters. The zero-order valence-corrected chi connectivity index (χ0v) is 19.7. The van der Waals surface area contributed by atoms with Crippen LogP contribution in [0.3, 0.4) is 0 Å². The number of nitrogens with zero attached hydrogens (tertiary/aromatic N) is 1. The number of thiophene rings is 1. The standard InChI is InChI=1S/C25H29N3O4S/c1-3-21(22-10-7-15-33-22)27-25(31)20-17-28(13-14-32-2)16-19(23(20)29)24(30)26-12-11-18-8-5-4-6-9-18/h4-10,15-17,21H,3,11-14H2,1-2H3,(H,26,30)(H,27,31)/t21-/m0/s1. The molecule has 0 radical (unpaired) electrons. The van der Waals surface area contributed by atoms with Gasteiger partial charge in [0.2, 0.25) is 5.43 Å². The molecule has 3 aromatic rings. The van der Waals surface area contributed by atoms with Crippen molar-refractivity contribution in [2.24, 2.45) is 0 Å². The minimum atomic E-state index is -0.584. The van der Waals surface area contributed by atoms with E-state index in [1.54, 1.807) is 23.0 Å². The van der Waals surface area contributed by atoms with Gasteiger partial charge in [-0.3, -0.25) is 14.4 Å².